The lowest BCUT2D eigenvalue weighted by Crippen LogP contribution is -2.47. The highest BCUT2D eigenvalue weighted by Gasteiger charge is 2.30. The van der Waals surface area contributed by atoms with Gasteiger partial charge in [-0.15, -0.1) is 0 Å². The molecule has 1 N–H and O–H groups in total. The molecule has 106 valence electrons. The number of benzene rings is 1. The normalized spacial score (nSPS) is 17.3. The molecule has 1 aromatic rings. The van der Waals surface area contributed by atoms with Gasteiger partial charge in [0.1, 0.15) is 5.75 Å². The summed E-state index contributed by atoms with van der Waals surface area (Å²) in [5, 5.41) is 3.65. The molecule has 0 spiro atoms. The highest BCUT2D eigenvalue weighted by atomic mass is 16.5. The standard InChI is InChI=1S/C17H27NO/c1-14(2)9-12-19-16-7-5-15(6-8-16)13-18-17(3)10-4-11-17/h5-8,14,18H,4,9-13H2,1-3H3. The zero-order chi connectivity index (χ0) is 13.7. The topological polar surface area (TPSA) is 21.3 Å². The molecule has 0 radical (unpaired) electrons. The van der Waals surface area contributed by atoms with Crippen molar-refractivity contribution in [3.63, 3.8) is 0 Å². The molecule has 0 aromatic heterocycles. The second-order valence-electron chi connectivity index (χ2n) is 6.44. The van der Waals surface area contributed by atoms with Crippen LogP contribution in [0.1, 0.15) is 52.0 Å². The van der Waals surface area contributed by atoms with Gasteiger partial charge in [-0.1, -0.05) is 26.0 Å². The maximum atomic E-state index is 5.73. The van der Waals surface area contributed by atoms with E-state index in [1.165, 1.54) is 24.8 Å². The first kappa shape index (κ1) is 14.4. The second kappa shape index (κ2) is 6.42. The molecule has 1 aromatic carbocycles. The smallest absolute Gasteiger partial charge is 0.119 e. The van der Waals surface area contributed by atoms with Gasteiger partial charge >= 0.3 is 0 Å². The van der Waals surface area contributed by atoms with Crippen LogP contribution in [0.2, 0.25) is 0 Å². The average Bonchev–Trinajstić information content (AvgIpc) is 2.35. The van der Waals surface area contributed by atoms with Gasteiger partial charge in [0.2, 0.25) is 0 Å². The molecule has 2 heteroatoms. The van der Waals surface area contributed by atoms with E-state index in [0.29, 0.717) is 11.5 Å². The molecule has 0 unspecified atom stereocenters. The molecule has 2 rings (SSSR count). The van der Waals surface area contributed by atoms with E-state index in [4.69, 9.17) is 4.74 Å². The van der Waals surface area contributed by atoms with Crippen LogP contribution in [-0.2, 0) is 6.54 Å². The first-order valence-electron chi connectivity index (χ1n) is 7.54. The summed E-state index contributed by atoms with van der Waals surface area (Å²) in [6.45, 7) is 8.54. The quantitative estimate of drug-likeness (QED) is 0.796. The summed E-state index contributed by atoms with van der Waals surface area (Å²) in [7, 11) is 0. The summed E-state index contributed by atoms with van der Waals surface area (Å²) in [5.74, 6) is 1.69. The molecule has 1 saturated carbocycles. The van der Waals surface area contributed by atoms with Gasteiger partial charge in [0.05, 0.1) is 6.61 Å². The zero-order valence-corrected chi connectivity index (χ0v) is 12.5. The van der Waals surface area contributed by atoms with E-state index in [9.17, 15) is 0 Å². The first-order valence-corrected chi connectivity index (χ1v) is 7.54. The predicted molar refractivity (Wildman–Crippen MR) is 80.5 cm³/mol. The predicted octanol–water partition coefficient (Wildman–Crippen LogP) is 4.14. The van der Waals surface area contributed by atoms with Gasteiger partial charge in [-0.2, -0.15) is 0 Å². The Bertz CT molecular complexity index is 379. The Balaban J connectivity index is 1.74. The Kier molecular flexibility index (Phi) is 4.87. The minimum Gasteiger partial charge on any atom is -0.494 e. The Morgan fingerprint density at radius 1 is 1.21 bits per heavy atom. The van der Waals surface area contributed by atoms with Crippen molar-refractivity contribution in [2.24, 2.45) is 5.92 Å². The number of rotatable bonds is 7. The van der Waals surface area contributed by atoms with Crippen LogP contribution in [0.25, 0.3) is 0 Å². The van der Waals surface area contributed by atoms with E-state index >= 15 is 0 Å². The van der Waals surface area contributed by atoms with Crippen molar-refractivity contribution in [1.29, 1.82) is 0 Å². The van der Waals surface area contributed by atoms with Crippen LogP contribution in [-0.4, -0.2) is 12.1 Å². The fourth-order valence-electron chi connectivity index (χ4n) is 2.32. The van der Waals surface area contributed by atoms with Crippen LogP contribution in [0.5, 0.6) is 5.75 Å². The molecule has 1 aliphatic rings. The SMILES string of the molecule is CC(C)CCOc1ccc(CNC2(C)CCC2)cc1. The maximum absolute atomic E-state index is 5.73. The second-order valence-corrected chi connectivity index (χ2v) is 6.44. The third-order valence-electron chi connectivity index (χ3n) is 4.06. The lowest BCUT2D eigenvalue weighted by Gasteiger charge is -2.39. The van der Waals surface area contributed by atoms with Gasteiger partial charge in [0, 0.05) is 12.1 Å². The molecule has 2 nitrogen and oxygen atoms in total. The van der Waals surface area contributed by atoms with E-state index in [1.54, 1.807) is 0 Å². The highest BCUT2D eigenvalue weighted by Crippen LogP contribution is 2.31. The summed E-state index contributed by atoms with van der Waals surface area (Å²) in [6, 6.07) is 8.50. The van der Waals surface area contributed by atoms with Crippen molar-refractivity contribution in [3.05, 3.63) is 29.8 Å². The minimum atomic E-state index is 0.381. The largest absolute Gasteiger partial charge is 0.494 e. The van der Waals surface area contributed by atoms with Crippen molar-refractivity contribution < 1.29 is 4.74 Å². The van der Waals surface area contributed by atoms with E-state index < -0.39 is 0 Å². The molecule has 0 bridgehead atoms. The van der Waals surface area contributed by atoms with E-state index in [1.807, 2.05) is 0 Å². The van der Waals surface area contributed by atoms with Crippen LogP contribution in [0.15, 0.2) is 24.3 Å². The van der Waals surface area contributed by atoms with Gasteiger partial charge in [-0.3, -0.25) is 0 Å². The van der Waals surface area contributed by atoms with Crippen LogP contribution >= 0.6 is 0 Å². The third-order valence-corrected chi connectivity index (χ3v) is 4.06. The van der Waals surface area contributed by atoms with Gasteiger partial charge in [0.25, 0.3) is 0 Å². The molecule has 1 aliphatic carbocycles. The summed E-state index contributed by atoms with van der Waals surface area (Å²) in [4.78, 5) is 0. The monoisotopic (exact) mass is 261 g/mol. The van der Waals surface area contributed by atoms with Crippen LogP contribution < -0.4 is 10.1 Å². The molecule has 0 aliphatic heterocycles. The maximum Gasteiger partial charge on any atom is 0.119 e. The lowest BCUT2D eigenvalue weighted by atomic mass is 9.78. The van der Waals surface area contributed by atoms with Crippen LogP contribution in [0.4, 0.5) is 0 Å². The van der Waals surface area contributed by atoms with Crippen molar-refractivity contribution in [3.8, 4) is 5.75 Å². The van der Waals surface area contributed by atoms with Gasteiger partial charge in [0.15, 0.2) is 0 Å². The van der Waals surface area contributed by atoms with Crippen molar-refractivity contribution in [1.82, 2.24) is 5.32 Å². The zero-order valence-electron chi connectivity index (χ0n) is 12.5. The molecule has 19 heavy (non-hydrogen) atoms. The van der Waals surface area contributed by atoms with Gasteiger partial charge in [-0.05, 0) is 56.2 Å². The lowest BCUT2D eigenvalue weighted by molar-refractivity contribution is 0.207. The number of nitrogens with one attached hydrogen (secondary N) is 1. The van der Waals surface area contributed by atoms with E-state index in [2.05, 4.69) is 50.4 Å². The van der Waals surface area contributed by atoms with Crippen molar-refractivity contribution in [2.75, 3.05) is 6.61 Å². The fourth-order valence-corrected chi connectivity index (χ4v) is 2.32. The Morgan fingerprint density at radius 2 is 1.89 bits per heavy atom. The molecule has 1 fully saturated rings. The van der Waals surface area contributed by atoms with E-state index in [0.717, 1.165) is 25.3 Å². The Morgan fingerprint density at radius 3 is 2.42 bits per heavy atom. The van der Waals surface area contributed by atoms with Gasteiger partial charge < -0.3 is 10.1 Å². The van der Waals surface area contributed by atoms with Crippen molar-refractivity contribution >= 4 is 0 Å². The number of hydrogen-bond acceptors (Lipinski definition) is 2. The molecular formula is C17H27NO. The molecular weight excluding hydrogens is 234 g/mol. The number of hydrogen-bond donors (Lipinski definition) is 1. The fraction of sp³-hybridized carbons (Fsp3) is 0.647. The summed E-state index contributed by atoms with van der Waals surface area (Å²) < 4.78 is 5.73. The summed E-state index contributed by atoms with van der Waals surface area (Å²) >= 11 is 0. The third kappa shape index (κ3) is 4.54. The molecule has 0 amide bonds. The number of ether oxygens (including phenoxy) is 1. The summed E-state index contributed by atoms with van der Waals surface area (Å²) in [5.41, 5.74) is 1.72. The summed E-state index contributed by atoms with van der Waals surface area (Å²) in [6.07, 6.45) is 5.10. The highest BCUT2D eigenvalue weighted by molar-refractivity contribution is 5.27. The van der Waals surface area contributed by atoms with Crippen LogP contribution in [0.3, 0.4) is 0 Å². The minimum absolute atomic E-state index is 0.381. The molecule has 0 atom stereocenters. The van der Waals surface area contributed by atoms with Gasteiger partial charge in [-0.25, -0.2) is 0 Å². The average molecular weight is 261 g/mol. The Labute approximate surface area is 117 Å². The Hall–Kier alpha value is -1.02. The molecule has 0 heterocycles. The van der Waals surface area contributed by atoms with Crippen LogP contribution in [0, 0.1) is 5.92 Å². The van der Waals surface area contributed by atoms with E-state index in [-0.39, 0.29) is 0 Å². The van der Waals surface area contributed by atoms with Crippen molar-refractivity contribution in [2.45, 2.75) is 58.5 Å². The first-order chi connectivity index (χ1) is 9.07. The molecule has 0 saturated heterocycles.